The number of nitro benzene ring substituents is 1. The van der Waals surface area contributed by atoms with Gasteiger partial charge in [-0.05, 0) is 15.9 Å². The van der Waals surface area contributed by atoms with E-state index < -0.39 is 24.6 Å². The topological polar surface area (TPSA) is 86.5 Å². The maximum absolute atomic E-state index is 11.2. The summed E-state index contributed by atoms with van der Waals surface area (Å²) in [5.74, 6) is -0.0689. The number of methoxy groups -OCH3 is 1. The van der Waals surface area contributed by atoms with E-state index in [9.17, 15) is 18.5 Å². The van der Waals surface area contributed by atoms with E-state index in [1.54, 1.807) is 0 Å². The zero-order valence-electron chi connectivity index (χ0n) is 7.81. The SMILES string of the molecule is COc1c(Br)cc([N+](=O)[O-])cc1S(=O)(=O)Cl. The van der Waals surface area contributed by atoms with Gasteiger partial charge in [0.2, 0.25) is 0 Å². The summed E-state index contributed by atoms with van der Waals surface area (Å²) in [7, 11) is 2.26. The van der Waals surface area contributed by atoms with Crippen LogP contribution in [0.15, 0.2) is 21.5 Å². The predicted octanol–water partition coefficient (Wildman–Crippen LogP) is 2.29. The number of non-ortho nitro benzene ring substituents is 1. The Morgan fingerprint density at radius 3 is 2.44 bits per heavy atom. The van der Waals surface area contributed by atoms with Gasteiger partial charge in [0.1, 0.15) is 4.90 Å². The molecule has 0 saturated carbocycles. The second-order valence-corrected chi connectivity index (χ2v) is 6.04. The molecule has 0 N–H and O–H groups in total. The highest BCUT2D eigenvalue weighted by Gasteiger charge is 2.23. The summed E-state index contributed by atoms with van der Waals surface area (Å²) in [5, 5.41) is 10.5. The first-order valence-corrected chi connectivity index (χ1v) is 6.84. The van der Waals surface area contributed by atoms with Crippen molar-refractivity contribution in [3.8, 4) is 5.75 Å². The minimum absolute atomic E-state index is 0.0689. The number of hydrogen-bond donors (Lipinski definition) is 0. The fourth-order valence-corrected chi connectivity index (χ4v) is 2.80. The van der Waals surface area contributed by atoms with Gasteiger partial charge >= 0.3 is 0 Å². The van der Waals surface area contributed by atoms with Gasteiger partial charge in [-0.2, -0.15) is 0 Å². The van der Waals surface area contributed by atoms with Gasteiger partial charge < -0.3 is 4.74 Å². The molecule has 16 heavy (non-hydrogen) atoms. The summed E-state index contributed by atoms with van der Waals surface area (Å²) in [6, 6.07) is 1.97. The summed E-state index contributed by atoms with van der Waals surface area (Å²) in [6.45, 7) is 0. The predicted molar refractivity (Wildman–Crippen MR) is 60.4 cm³/mol. The lowest BCUT2D eigenvalue weighted by Gasteiger charge is -2.07. The molecule has 9 heteroatoms. The van der Waals surface area contributed by atoms with Gasteiger partial charge in [0.15, 0.2) is 5.75 Å². The lowest BCUT2D eigenvalue weighted by Crippen LogP contribution is -1.99. The van der Waals surface area contributed by atoms with Crippen molar-refractivity contribution in [2.45, 2.75) is 4.90 Å². The van der Waals surface area contributed by atoms with E-state index in [2.05, 4.69) is 15.9 Å². The molecule has 0 bridgehead atoms. The average Bonchev–Trinajstić information content (AvgIpc) is 2.14. The summed E-state index contributed by atoms with van der Waals surface area (Å²) in [4.78, 5) is 9.36. The third-order valence-corrected chi connectivity index (χ3v) is 3.59. The lowest BCUT2D eigenvalue weighted by atomic mass is 10.3. The molecule has 1 aromatic carbocycles. The third-order valence-electron chi connectivity index (χ3n) is 1.67. The van der Waals surface area contributed by atoms with Crippen LogP contribution in [-0.4, -0.2) is 20.5 Å². The zero-order valence-corrected chi connectivity index (χ0v) is 11.0. The molecule has 0 unspecified atom stereocenters. The van der Waals surface area contributed by atoms with Crippen LogP contribution in [0, 0.1) is 10.1 Å². The Morgan fingerprint density at radius 1 is 1.50 bits per heavy atom. The number of nitrogens with zero attached hydrogens (tertiary/aromatic N) is 1. The second-order valence-electron chi connectivity index (χ2n) is 2.65. The average molecular weight is 331 g/mol. The lowest BCUT2D eigenvalue weighted by molar-refractivity contribution is -0.385. The number of halogens is 2. The second kappa shape index (κ2) is 4.56. The van der Waals surface area contributed by atoms with Crippen LogP contribution in [0.25, 0.3) is 0 Å². The van der Waals surface area contributed by atoms with Crippen LogP contribution in [-0.2, 0) is 9.05 Å². The molecule has 0 saturated heterocycles. The van der Waals surface area contributed by atoms with Crippen molar-refractivity contribution in [3.05, 3.63) is 26.7 Å². The van der Waals surface area contributed by atoms with Gasteiger partial charge in [0.25, 0.3) is 14.7 Å². The minimum atomic E-state index is -4.11. The summed E-state index contributed by atoms with van der Waals surface area (Å²) < 4.78 is 27.3. The maximum atomic E-state index is 11.2. The standard InChI is InChI=1S/C7H5BrClNO5S/c1-15-7-5(8)2-4(10(11)12)3-6(7)16(9,13)14/h2-3H,1H3. The van der Waals surface area contributed by atoms with Gasteiger partial charge in [-0.3, -0.25) is 10.1 Å². The Hall–Kier alpha value is -0.860. The summed E-state index contributed by atoms with van der Waals surface area (Å²) in [5.41, 5.74) is -0.396. The van der Waals surface area contributed by atoms with Crippen molar-refractivity contribution in [2.75, 3.05) is 7.11 Å². The Bertz CT molecular complexity index is 544. The van der Waals surface area contributed by atoms with Crippen LogP contribution in [0.3, 0.4) is 0 Å². The molecule has 1 aromatic rings. The molecule has 0 aromatic heterocycles. The van der Waals surface area contributed by atoms with Crippen molar-refractivity contribution >= 4 is 41.4 Å². The molecule has 6 nitrogen and oxygen atoms in total. The summed E-state index contributed by atoms with van der Waals surface area (Å²) in [6.07, 6.45) is 0. The molecular weight excluding hydrogens is 326 g/mol. The molecule has 0 atom stereocenters. The van der Waals surface area contributed by atoms with Gasteiger partial charge in [-0.15, -0.1) is 0 Å². The highest BCUT2D eigenvalue weighted by molar-refractivity contribution is 9.10. The monoisotopic (exact) mass is 329 g/mol. The molecule has 1 rings (SSSR count). The normalized spacial score (nSPS) is 11.2. The van der Waals surface area contributed by atoms with Crippen LogP contribution in [0.2, 0.25) is 0 Å². The fraction of sp³-hybridized carbons (Fsp3) is 0.143. The molecular formula is C7H5BrClNO5S. The Kier molecular flexibility index (Phi) is 3.76. The number of nitro groups is 1. The van der Waals surface area contributed by atoms with Crippen molar-refractivity contribution in [3.63, 3.8) is 0 Å². The Balaban J connectivity index is 3.62. The van der Waals surface area contributed by atoms with Crippen LogP contribution >= 0.6 is 26.6 Å². The van der Waals surface area contributed by atoms with E-state index in [-0.39, 0.29) is 10.2 Å². The number of benzene rings is 1. The van der Waals surface area contributed by atoms with E-state index in [0.717, 1.165) is 12.1 Å². The van der Waals surface area contributed by atoms with E-state index in [1.807, 2.05) is 0 Å². The van der Waals surface area contributed by atoms with Crippen molar-refractivity contribution in [2.24, 2.45) is 0 Å². The number of hydrogen-bond acceptors (Lipinski definition) is 5. The molecule has 0 aliphatic heterocycles. The van der Waals surface area contributed by atoms with Crippen molar-refractivity contribution in [1.29, 1.82) is 0 Å². The molecule has 0 heterocycles. The highest BCUT2D eigenvalue weighted by atomic mass is 79.9. The van der Waals surface area contributed by atoms with Gasteiger partial charge in [-0.25, -0.2) is 8.42 Å². The quantitative estimate of drug-likeness (QED) is 0.482. The molecule has 0 radical (unpaired) electrons. The van der Waals surface area contributed by atoms with E-state index in [0.29, 0.717) is 0 Å². The van der Waals surface area contributed by atoms with Crippen LogP contribution in [0.5, 0.6) is 5.75 Å². The minimum Gasteiger partial charge on any atom is -0.494 e. The Labute approximate surface area is 104 Å². The van der Waals surface area contributed by atoms with Gasteiger partial charge in [-0.1, -0.05) is 0 Å². The van der Waals surface area contributed by atoms with Crippen LogP contribution in [0.4, 0.5) is 5.69 Å². The Morgan fingerprint density at radius 2 is 2.06 bits per heavy atom. The molecule has 0 aliphatic carbocycles. The van der Waals surface area contributed by atoms with Crippen LogP contribution in [0.1, 0.15) is 0 Å². The first-order valence-electron chi connectivity index (χ1n) is 3.74. The molecule has 0 fully saturated rings. The maximum Gasteiger partial charge on any atom is 0.272 e. The molecule has 88 valence electrons. The van der Waals surface area contributed by atoms with Gasteiger partial charge in [0, 0.05) is 22.8 Å². The summed E-state index contributed by atoms with van der Waals surface area (Å²) >= 11 is 2.97. The number of rotatable bonds is 3. The molecule has 0 amide bonds. The highest BCUT2D eigenvalue weighted by Crippen LogP contribution is 2.37. The largest absolute Gasteiger partial charge is 0.494 e. The van der Waals surface area contributed by atoms with Gasteiger partial charge in [0.05, 0.1) is 16.5 Å². The smallest absolute Gasteiger partial charge is 0.272 e. The molecule has 0 aliphatic rings. The van der Waals surface area contributed by atoms with Crippen LogP contribution < -0.4 is 4.74 Å². The fourth-order valence-electron chi connectivity index (χ4n) is 1.04. The van der Waals surface area contributed by atoms with E-state index in [4.69, 9.17) is 15.4 Å². The first-order chi connectivity index (χ1) is 7.27. The number of ether oxygens (including phenoxy) is 1. The molecule has 0 spiro atoms. The van der Waals surface area contributed by atoms with E-state index in [1.165, 1.54) is 7.11 Å². The van der Waals surface area contributed by atoms with Crippen molar-refractivity contribution in [1.82, 2.24) is 0 Å². The van der Waals surface area contributed by atoms with Crippen molar-refractivity contribution < 1.29 is 18.1 Å². The third kappa shape index (κ3) is 2.63. The first kappa shape index (κ1) is 13.2. The zero-order chi connectivity index (χ0) is 12.5. The van der Waals surface area contributed by atoms with E-state index >= 15 is 0 Å².